The lowest BCUT2D eigenvalue weighted by Gasteiger charge is -2.36. The molecule has 2 aromatic carbocycles. The van der Waals surface area contributed by atoms with Crippen LogP contribution in [0.2, 0.25) is 0 Å². The summed E-state index contributed by atoms with van der Waals surface area (Å²) >= 11 is 0. The third-order valence-corrected chi connectivity index (χ3v) is 4.95. The number of hydrogen-bond acceptors (Lipinski definition) is 4. The Kier molecular flexibility index (Phi) is 6.12. The summed E-state index contributed by atoms with van der Waals surface area (Å²) in [6.45, 7) is 8.50. The van der Waals surface area contributed by atoms with Crippen molar-refractivity contribution in [2.24, 2.45) is 0 Å². The zero-order valence-corrected chi connectivity index (χ0v) is 15.5. The van der Waals surface area contributed by atoms with Crippen LogP contribution in [-0.4, -0.2) is 55.4 Å². The van der Waals surface area contributed by atoms with Crippen molar-refractivity contribution in [3.05, 3.63) is 59.4 Å². The summed E-state index contributed by atoms with van der Waals surface area (Å²) < 4.78 is 18.8. The van der Waals surface area contributed by atoms with E-state index in [-0.39, 0.29) is 5.82 Å². The van der Waals surface area contributed by atoms with Gasteiger partial charge in [-0.3, -0.25) is 4.90 Å². The van der Waals surface area contributed by atoms with Gasteiger partial charge < -0.3 is 14.7 Å². The first-order valence-corrected chi connectivity index (χ1v) is 9.12. The number of benzene rings is 2. The Bertz CT molecular complexity index is 712. The van der Waals surface area contributed by atoms with E-state index < -0.39 is 6.10 Å². The molecule has 0 aromatic heterocycles. The van der Waals surface area contributed by atoms with Gasteiger partial charge in [0.2, 0.25) is 0 Å². The van der Waals surface area contributed by atoms with Crippen LogP contribution >= 0.6 is 0 Å². The summed E-state index contributed by atoms with van der Waals surface area (Å²) in [6, 6.07) is 12.6. The van der Waals surface area contributed by atoms with Crippen LogP contribution in [-0.2, 0) is 0 Å². The maximum atomic E-state index is 13.0. The first kappa shape index (κ1) is 18.7. The lowest BCUT2D eigenvalue weighted by Crippen LogP contribution is -2.49. The average molecular weight is 358 g/mol. The summed E-state index contributed by atoms with van der Waals surface area (Å²) in [5, 5.41) is 10.3. The van der Waals surface area contributed by atoms with Gasteiger partial charge in [-0.2, -0.15) is 0 Å². The molecule has 1 aliphatic heterocycles. The minimum atomic E-state index is -0.519. The second-order valence-corrected chi connectivity index (χ2v) is 6.97. The summed E-state index contributed by atoms with van der Waals surface area (Å²) in [6.07, 6.45) is -0.519. The van der Waals surface area contributed by atoms with Crippen LogP contribution in [0.5, 0.6) is 5.75 Å². The van der Waals surface area contributed by atoms with Crippen LogP contribution in [0.1, 0.15) is 11.1 Å². The van der Waals surface area contributed by atoms with E-state index in [1.165, 1.54) is 23.3 Å². The van der Waals surface area contributed by atoms with Crippen molar-refractivity contribution in [3.63, 3.8) is 0 Å². The molecule has 1 heterocycles. The molecule has 1 atom stereocenters. The largest absolute Gasteiger partial charge is 0.491 e. The number of aliphatic hydroxyl groups excluding tert-OH is 1. The number of piperazine rings is 1. The van der Waals surface area contributed by atoms with Crippen molar-refractivity contribution >= 4 is 5.69 Å². The molecule has 0 spiro atoms. The quantitative estimate of drug-likeness (QED) is 0.861. The zero-order chi connectivity index (χ0) is 18.5. The number of ether oxygens (including phenoxy) is 1. The van der Waals surface area contributed by atoms with E-state index in [1.54, 1.807) is 0 Å². The van der Waals surface area contributed by atoms with Gasteiger partial charge in [0.05, 0.1) is 0 Å². The SMILES string of the molecule is Cc1ccc(OC[C@H](O)CN2CCN(c3ccc(F)cc3)CC2)cc1C. The number of aryl methyl sites for hydroxylation is 2. The molecular weight excluding hydrogens is 331 g/mol. The standard InChI is InChI=1S/C21H27FN2O2/c1-16-3-8-21(13-17(16)2)26-15-20(25)14-23-9-11-24(12-10-23)19-6-4-18(22)5-7-19/h3-8,13,20,25H,9-12,14-15H2,1-2H3/t20-/m1/s1. The molecule has 1 N–H and O–H groups in total. The van der Waals surface area contributed by atoms with Gasteiger partial charge in [0.15, 0.2) is 0 Å². The molecule has 2 aromatic rings. The van der Waals surface area contributed by atoms with Crippen LogP contribution in [0.3, 0.4) is 0 Å². The smallest absolute Gasteiger partial charge is 0.123 e. The van der Waals surface area contributed by atoms with Crippen molar-refractivity contribution in [3.8, 4) is 5.75 Å². The Labute approximate surface area is 154 Å². The minimum absolute atomic E-state index is 0.209. The van der Waals surface area contributed by atoms with Crippen molar-refractivity contribution in [1.82, 2.24) is 4.90 Å². The highest BCUT2D eigenvalue weighted by Gasteiger charge is 2.19. The predicted octanol–water partition coefficient (Wildman–Crippen LogP) is 3.00. The van der Waals surface area contributed by atoms with E-state index >= 15 is 0 Å². The van der Waals surface area contributed by atoms with Crippen molar-refractivity contribution in [2.75, 3.05) is 44.2 Å². The van der Waals surface area contributed by atoms with Crippen molar-refractivity contribution < 1.29 is 14.2 Å². The molecule has 3 rings (SSSR count). The topological polar surface area (TPSA) is 35.9 Å². The number of β-amino-alcohol motifs (C(OH)–C–C–N with tert-alkyl or cyclic N) is 1. The molecule has 0 radical (unpaired) electrons. The number of hydrogen-bond donors (Lipinski definition) is 1. The van der Waals surface area contributed by atoms with Gasteiger partial charge in [-0.25, -0.2) is 4.39 Å². The van der Waals surface area contributed by atoms with Gasteiger partial charge in [-0.1, -0.05) is 6.07 Å². The predicted molar refractivity (Wildman–Crippen MR) is 102 cm³/mol. The Morgan fingerprint density at radius 2 is 1.69 bits per heavy atom. The Hall–Kier alpha value is -2.11. The molecule has 0 unspecified atom stereocenters. The van der Waals surface area contributed by atoms with E-state index in [1.807, 2.05) is 30.3 Å². The highest BCUT2D eigenvalue weighted by Crippen LogP contribution is 2.18. The van der Waals surface area contributed by atoms with E-state index in [0.717, 1.165) is 37.6 Å². The number of nitrogens with zero attached hydrogens (tertiary/aromatic N) is 2. The second kappa shape index (κ2) is 8.52. The molecule has 0 bridgehead atoms. The Balaban J connectivity index is 1.42. The average Bonchev–Trinajstić information content (AvgIpc) is 2.64. The third kappa shape index (κ3) is 4.96. The fourth-order valence-corrected chi connectivity index (χ4v) is 3.19. The van der Waals surface area contributed by atoms with Crippen LogP contribution in [0.4, 0.5) is 10.1 Å². The van der Waals surface area contributed by atoms with E-state index in [9.17, 15) is 9.50 Å². The monoisotopic (exact) mass is 358 g/mol. The van der Waals surface area contributed by atoms with Crippen molar-refractivity contribution in [2.45, 2.75) is 20.0 Å². The van der Waals surface area contributed by atoms with Gasteiger partial charge in [-0.15, -0.1) is 0 Å². The zero-order valence-electron chi connectivity index (χ0n) is 15.5. The summed E-state index contributed by atoms with van der Waals surface area (Å²) in [7, 11) is 0. The maximum absolute atomic E-state index is 13.0. The van der Waals surface area contributed by atoms with Crippen LogP contribution in [0.25, 0.3) is 0 Å². The lowest BCUT2D eigenvalue weighted by molar-refractivity contribution is 0.0663. The second-order valence-electron chi connectivity index (χ2n) is 6.97. The Morgan fingerprint density at radius 1 is 1.00 bits per heavy atom. The molecule has 4 nitrogen and oxygen atoms in total. The fraction of sp³-hybridized carbons (Fsp3) is 0.429. The van der Waals surface area contributed by atoms with Crippen LogP contribution < -0.4 is 9.64 Å². The van der Waals surface area contributed by atoms with E-state index in [2.05, 4.69) is 23.6 Å². The fourth-order valence-electron chi connectivity index (χ4n) is 3.19. The van der Waals surface area contributed by atoms with Gasteiger partial charge >= 0.3 is 0 Å². The van der Waals surface area contributed by atoms with E-state index in [0.29, 0.717) is 13.2 Å². The minimum Gasteiger partial charge on any atom is -0.491 e. The molecule has 5 heteroatoms. The first-order chi connectivity index (χ1) is 12.5. The molecule has 0 amide bonds. The van der Waals surface area contributed by atoms with E-state index in [4.69, 9.17) is 4.74 Å². The molecule has 1 aliphatic rings. The van der Waals surface area contributed by atoms with Gasteiger partial charge in [0.25, 0.3) is 0 Å². The first-order valence-electron chi connectivity index (χ1n) is 9.12. The number of halogens is 1. The summed E-state index contributed by atoms with van der Waals surface area (Å²) in [5.41, 5.74) is 3.47. The normalized spacial score (nSPS) is 16.5. The molecular formula is C21H27FN2O2. The number of aliphatic hydroxyl groups is 1. The molecule has 1 fully saturated rings. The van der Waals surface area contributed by atoms with Gasteiger partial charge in [0, 0.05) is 38.4 Å². The highest BCUT2D eigenvalue weighted by atomic mass is 19.1. The highest BCUT2D eigenvalue weighted by molar-refractivity contribution is 5.46. The summed E-state index contributed by atoms with van der Waals surface area (Å²) in [5.74, 6) is 0.590. The number of rotatable bonds is 6. The lowest BCUT2D eigenvalue weighted by atomic mass is 10.1. The van der Waals surface area contributed by atoms with Gasteiger partial charge in [-0.05, 0) is 61.4 Å². The number of anilines is 1. The molecule has 26 heavy (non-hydrogen) atoms. The molecule has 1 saturated heterocycles. The third-order valence-electron chi connectivity index (χ3n) is 4.95. The molecule has 0 saturated carbocycles. The summed E-state index contributed by atoms with van der Waals surface area (Å²) in [4.78, 5) is 4.49. The van der Waals surface area contributed by atoms with Crippen LogP contribution in [0.15, 0.2) is 42.5 Å². The maximum Gasteiger partial charge on any atom is 0.123 e. The molecule has 140 valence electrons. The van der Waals surface area contributed by atoms with Gasteiger partial charge in [0.1, 0.15) is 24.3 Å². The Morgan fingerprint density at radius 3 is 2.35 bits per heavy atom. The molecule has 0 aliphatic carbocycles. The van der Waals surface area contributed by atoms with Crippen LogP contribution in [0, 0.1) is 19.7 Å². The van der Waals surface area contributed by atoms with Crippen molar-refractivity contribution in [1.29, 1.82) is 0 Å².